The molecular formula is C23H30NO9P. The SMILES string of the molecule is Cc1cc(=O)oc2cc(OP(=O)(N[C@@H](C)C(=O)C[C@@H](CCC(=O)O)C(=O)O)C(C)(C)C)ccc12. The normalized spacial score (nSPS) is 15.3. The molecule has 1 aromatic heterocycles. The maximum Gasteiger partial charge on any atom is 0.336 e. The largest absolute Gasteiger partial charge is 0.481 e. The van der Waals surface area contributed by atoms with Gasteiger partial charge in [0.2, 0.25) is 0 Å². The van der Waals surface area contributed by atoms with Gasteiger partial charge in [0.05, 0.1) is 17.1 Å². The third-order valence-electron chi connectivity index (χ3n) is 5.39. The second-order valence-corrected chi connectivity index (χ2v) is 12.1. The van der Waals surface area contributed by atoms with Gasteiger partial charge in [0, 0.05) is 30.4 Å². The van der Waals surface area contributed by atoms with Crippen LogP contribution in [0.1, 0.15) is 52.5 Å². The average molecular weight is 495 g/mol. The molecule has 0 radical (unpaired) electrons. The van der Waals surface area contributed by atoms with Gasteiger partial charge in [0.1, 0.15) is 11.3 Å². The Kier molecular flexibility index (Phi) is 8.45. The number of Topliss-reactive ketones (excluding diaryl/α,β-unsaturated/α-hetero) is 1. The number of ketones is 1. The van der Waals surface area contributed by atoms with Crippen LogP contribution in [0, 0.1) is 12.8 Å². The number of carbonyl (C=O) groups is 3. The van der Waals surface area contributed by atoms with Crippen molar-refractivity contribution in [2.75, 3.05) is 0 Å². The maximum absolute atomic E-state index is 13.9. The number of nitrogens with one attached hydrogen (secondary N) is 1. The van der Waals surface area contributed by atoms with Crippen molar-refractivity contribution in [3.05, 3.63) is 40.2 Å². The van der Waals surface area contributed by atoms with Crippen LogP contribution >= 0.6 is 7.52 Å². The minimum absolute atomic E-state index is 0.163. The minimum Gasteiger partial charge on any atom is -0.481 e. The van der Waals surface area contributed by atoms with Crippen molar-refractivity contribution in [1.82, 2.24) is 5.09 Å². The second kappa shape index (κ2) is 10.5. The first-order valence-corrected chi connectivity index (χ1v) is 12.3. The van der Waals surface area contributed by atoms with Gasteiger partial charge in [-0.25, -0.2) is 9.88 Å². The fourth-order valence-corrected chi connectivity index (χ4v) is 5.00. The highest BCUT2D eigenvalue weighted by Gasteiger charge is 2.42. The Labute approximate surface area is 196 Å². The molecular weight excluding hydrogens is 465 g/mol. The average Bonchev–Trinajstić information content (AvgIpc) is 2.69. The first-order chi connectivity index (χ1) is 15.6. The summed E-state index contributed by atoms with van der Waals surface area (Å²) in [7, 11) is -3.77. The summed E-state index contributed by atoms with van der Waals surface area (Å²) < 4.78 is 24.9. The maximum atomic E-state index is 13.9. The highest BCUT2D eigenvalue weighted by molar-refractivity contribution is 7.59. The molecule has 0 aliphatic rings. The van der Waals surface area contributed by atoms with E-state index < -0.39 is 54.4 Å². The zero-order valence-electron chi connectivity index (χ0n) is 19.8. The predicted molar refractivity (Wildman–Crippen MR) is 125 cm³/mol. The Hall–Kier alpha value is -2.97. The number of rotatable bonds is 11. The molecule has 10 nitrogen and oxygen atoms in total. The number of carboxylic acids is 2. The van der Waals surface area contributed by atoms with E-state index in [2.05, 4.69) is 5.09 Å². The van der Waals surface area contributed by atoms with Gasteiger partial charge < -0.3 is 19.2 Å². The summed E-state index contributed by atoms with van der Waals surface area (Å²) in [6, 6.07) is 5.03. The Morgan fingerprint density at radius 1 is 1.18 bits per heavy atom. The van der Waals surface area contributed by atoms with E-state index in [1.54, 1.807) is 39.8 Å². The van der Waals surface area contributed by atoms with Crippen molar-refractivity contribution in [2.24, 2.45) is 5.92 Å². The Bertz CT molecular complexity index is 1200. The lowest BCUT2D eigenvalue weighted by Gasteiger charge is -2.33. The van der Waals surface area contributed by atoms with Crippen LogP contribution in [-0.4, -0.2) is 39.1 Å². The van der Waals surface area contributed by atoms with Crippen LogP contribution in [0.4, 0.5) is 0 Å². The summed E-state index contributed by atoms with van der Waals surface area (Å²) in [6.07, 6.45) is -0.993. The van der Waals surface area contributed by atoms with Crippen LogP contribution in [0.3, 0.4) is 0 Å². The molecule has 0 saturated carbocycles. The number of fused-ring (bicyclic) bond motifs is 1. The lowest BCUT2D eigenvalue weighted by atomic mass is 9.95. The van der Waals surface area contributed by atoms with Gasteiger partial charge >= 0.3 is 25.1 Å². The van der Waals surface area contributed by atoms with Crippen molar-refractivity contribution >= 4 is 36.2 Å². The molecule has 2 rings (SSSR count). The molecule has 3 atom stereocenters. The number of hydrogen-bond donors (Lipinski definition) is 3. The van der Waals surface area contributed by atoms with Crippen LogP contribution in [0.25, 0.3) is 11.0 Å². The Morgan fingerprint density at radius 3 is 2.38 bits per heavy atom. The van der Waals surface area contributed by atoms with Crippen LogP contribution in [0.15, 0.2) is 33.5 Å². The third-order valence-corrected chi connectivity index (χ3v) is 8.35. The molecule has 0 aliphatic heterocycles. The fourth-order valence-electron chi connectivity index (χ4n) is 3.22. The number of carbonyl (C=O) groups excluding carboxylic acids is 1. The standard InChI is InChI=1S/C23H30NO9P/c1-13-10-21(28)32-19-12-16(7-8-17(13)19)33-34(31,23(3,4)5)24-14(2)18(25)11-15(22(29)30)6-9-20(26)27/h7-8,10,12,14-15H,6,9,11H2,1-5H3,(H,24,31)(H,26,27)(H,29,30)/t14-,15+,34?/m0/s1. The number of hydrogen-bond acceptors (Lipinski definition) is 7. The van der Waals surface area contributed by atoms with E-state index in [0.29, 0.717) is 10.9 Å². The molecule has 2 aromatic rings. The third kappa shape index (κ3) is 6.77. The van der Waals surface area contributed by atoms with Crippen LogP contribution in [0.2, 0.25) is 0 Å². The lowest BCUT2D eigenvalue weighted by molar-refractivity contribution is -0.145. The highest BCUT2D eigenvalue weighted by Crippen LogP contribution is 2.55. The van der Waals surface area contributed by atoms with Crippen LogP contribution < -0.4 is 15.2 Å². The monoisotopic (exact) mass is 495 g/mol. The van der Waals surface area contributed by atoms with E-state index in [9.17, 15) is 28.8 Å². The zero-order chi connectivity index (χ0) is 25.8. The fraction of sp³-hybridized carbons (Fsp3) is 0.478. The summed E-state index contributed by atoms with van der Waals surface area (Å²) in [5.74, 6) is -3.97. The van der Waals surface area contributed by atoms with Crippen LogP contribution in [-0.2, 0) is 18.9 Å². The van der Waals surface area contributed by atoms with Crippen molar-refractivity contribution in [1.29, 1.82) is 0 Å². The topological polar surface area (TPSA) is 160 Å². The van der Waals surface area contributed by atoms with Gasteiger partial charge in [-0.15, -0.1) is 0 Å². The summed E-state index contributed by atoms with van der Waals surface area (Å²) in [5, 5.41) is 20.6. The van der Waals surface area contributed by atoms with E-state index in [-0.39, 0.29) is 24.2 Å². The van der Waals surface area contributed by atoms with Crippen LogP contribution in [0.5, 0.6) is 5.75 Å². The number of aryl methyl sites for hydroxylation is 1. The first-order valence-electron chi connectivity index (χ1n) is 10.7. The molecule has 0 bridgehead atoms. The van der Waals surface area contributed by atoms with E-state index in [4.69, 9.17) is 14.0 Å². The predicted octanol–water partition coefficient (Wildman–Crippen LogP) is 3.97. The summed E-state index contributed by atoms with van der Waals surface area (Å²) in [6.45, 7) is 8.20. The first kappa shape index (κ1) is 27.3. The molecule has 3 N–H and O–H groups in total. The highest BCUT2D eigenvalue weighted by atomic mass is 31.2. The quantitative estimate of drug-likeness (QED) is 0.307. The minimum atomic E-state index is -3.77. The molecule has 1 aromatic carbocycles. The number of benzene rings is 1. The zero-order valence-corrected chi connectivity index (χ0v) is 20.7. The van der Waals surface area contributed by atoms with Gasteiger partial charge in [-0.3, -0.25) is 18.9 Å². The molecule has 11 heteroatoms. The molecule has 0 spiro atoms. The molecule has 0 amide bonds. The Morgan fingerprint density at radius 2 is 1.82 bits per heavy atom. The van der Waals surface area contributed by atoms with Crippen molar-refractivity contribution in [2.45, 2.75) is 65.1 Å². The smallest absolute Gasteiger partial charge is 0.336 e. The van der Waals surface area contributed by atoms with Gasteiger partial charge in [-0.2, -0.15) is 0 Å². The molecule has 34 heavy (non-hydrogen) atoms. The molecule has 0 saturated heterocycles. The van der Waals surface area contributed by atoms with Gasteiger partial charge in [-0.1, -0.05) is 0 Å². The van der Waals surface area contributed by atoms with Gasteiger partial charge in [0.15, 0.2) is 5.78 Å². The number of carboxylic acid groups (broad SMARTS) is 2. The van der Waals surface area contributed by atoms with E-state index in [1.807, 2.05) is 0 Å². The molecule has 0 fully saturated rings. The van der Waals surface area contributed by atoms with Gasteiger partial charge in [0.25, 0.3) is 0 Å². The Balaban J connectivity index is 2.26. The summed E-state index contributed by atoms with van der Waals surface area (Å²) >= 11 is 0. The number of aliphatic carboxylic acids is 2. The van der Waals surface area contributed by atoms with Gasteiger partial charge in [-0.05, 0) is 58.7 Å². The van der Waals surface area contributed by atoms with Crippen molar-refractivity contribution < 1.29 is 38.1 Å². The van der Waals surface area contributed by atoms with E-state index >= 15 is 0 Å². The van der Waals surface area contributed by atoms with Crippen molar-refractivity contribution in [3.8, 4) is 5.75 Å². The lowest BCUT2D eigenvalue weighted by Crippen LogP contribution is -2.39. The summed E-state index contributed by atoms with van der Waals surface area (Å²) in [4.78, 5) is 46.6. The van der Waals surface area contributed by atoms with E-state index in [0.717, 1.165) is 0 Å². The van der Waals surface area contributed by atoms with Crippen molar-refractivity contribution in [3.63, 3.8) is 0 Å². The molecule has 1 heterocycles. The second-order valence-electron chi connectivity index (χ2n) is 9.21. The summed E-state index contributed by atoms with van der Waals surface area (Å²) in [5.41, 5.74) is 0.439. The molecule has 1 unspecified atom stereocenters. The molecule has 0 aliphatic carbocycles. The molecule has 186 valence electrons. The van der Waals surface area contributed by atoms with E-state index in [1.165, 1.54) is 19.1 Å².